The number of nitrogen functional groups attached to an aromatic ring is 2. The van der Waals surface area contributed by atoms with E-state index >= 15 is 0 Å². The van der Waals surface area contributed by atoms with E-state index in [2.05, 4.69) is 118 Å². The molecule has 0 radical (unpaired) electrons. The Hall–Kier alpha value is -3.52. The van der Waals surface area contributed by atoms with Crippen LogP contribution in [0, 0.1) is 0 Å². The minimum absolute atomic E-state index is 0.408. The Labute approximate surface area is 300 Å². The predicted octanol–water partition coefficient (Wildman–Crippen LogP) is 13.9. The molecule has 0 amide bonds. The molecule has 4 N–H and O–H groups in total. The number of hydrogen-bond donors (Lipinski definition) is 2. The van der Waals surface area contributed by atoms with Crippen molar-refractivity contribution in [2.75, 3.05) is 11.5 Å². The summed E-state index contributed by atoms with van der Waals surface area (Å²) in [7, 11) is 0. The Morgan fingerprint density at radius 2 is 0.510 bits per heavy atom. The normalized spacial score (nSPS) is 13.3. The molecule has 0 saturated carbocycles. The first-order valence-corrected chi connectivity index (χ1v) is 19.9. The average molecular weight is 659 g/mol. The van der Waals surface area contributed by atoms with Crippen molar-refractivity contribution in [3.05, 3.63) is 130 Å². The standard InChI is InChI=1S/C47H66N2/c1-4-7-10-13-14-17-20-45(37-21-25-39(26-22-37)46(18-15-11-8-5-2)41-29-33-43(48)34-30-41)38-23-27-40(28-24-38)47(19-16-12-9-6-3)42-31-35-44(49)36-32-42/h21-36,45-47H,4-20,48-49H2,1-3H3. The lowest BCUT2D eigenvalue weighted by Crippen LogP contribution is -2.06. The number of nitrogens with two attached hydrogens (primary N) is 2. The van der Waals surface area contributed by atoms with Gasteiger partial charge in [-0.1, -0.05) is 183 Å². The molecule has 0 aliphatic rings. The van der Waals surface area contributed by atoms with Crippen molar-refractivity contribution >= 4 is 11.4 Å². The van der Waals surface area contributed by atoms with Crippen molar-refractivity contribution in [1.29, 1.82) is 0 Å². The van der Waals surface area contributed by atoms with Gasteiger partial charge in [-0.3, -0.25) is 0 Å². The summed E-state index contributed by atoms with van der Waals surface area (Å²) in [5, 5.41) is 0. The van der Waals surface area contributed by atoms with Crippen molar-refractivity contribution < 1.29 is 0 Å². The molecule has 0 aliphatic heterocycles. The summed E-state index contributed by atoms with van der Waals surface area (Å²) in [6.07, 6.45) is 21.8. The van der Waals surface area contributed by atoms with Crippen molar-refractivity contribution in [2.24, 2.45) is 0 Å². The lowest BCUT2D eigenvalue weighted by Gasteiger charge is -2.23. The maximum Gasteiger partial charge on any atom is 0.0314 e. The van der Waals surface area contributed by atoms with E-state index in [-0.39, 0.29) is 0 Å². The van der Waals surface area contributed by atoms with Crippen LogP contribution >= 0.6 is 0 Å². The molecule has 4 rings (SSSR count). The Kier molecular flexibility index (Phi) is 16.8. The summed E-state index contributed by atoms with van der Waals surface area (Å²) in [5.41, 5.74) is 22.3. The van der Waals surface area contributed by atoms with Gasteiger partial charge >= 0.3 is 0 Å². The van der Waals surface area contributed by atoms with Gasteiger partial charge in [0, 0.05) is 29.1 Å². The third kappa shape index (κ3) is 12.4. The number of hydrogen-bond acceptors (Lipinski definition) is 2. The lowest BCUT2D eigenvalue weighted by atomic mass is 9.82. The van der Waals surface area contributed by atoms with Crippen LogP contribution in [0.1, 0.15) is 181 Å². The molecule has 0 fully saturated rings. The molecule has 4 aromatic rings. The summed E-state index contributed by atoms with van der Waals surface area (Å²) in [4.78, 5) is 0. The molecule has 2 atom stereocenters. The summed E-state index contributed by atoms with van der Waals surface area (Å²) in [5.74, 6) is 1.23. The first-order chi connectivity index (χ1) is 24.0. The Morgan fingerprint density at radius 1 is 0.306 bits per heavy atom. The molecular formula is C47H66N2. The fourth-order valence-corrected chi connectivity index (χ4v) is 7.63. The van der Waals surface area contributed by atoms with E-state index < -0.39 is 0 Å². The van der Waals surface area contributed by atoms with E-state index in [4.69, 9.17) is 11.5 Å². The van der Waals surface area contributed by atoms with E-state index in [1.54, 1.807) is 0 Å². The third-order valence-corrected chi connectivity index (χ3v) is 10.7. The van der Waals surface area contributed by atoms with E-state index in [9.17, 15) is 0 Å². The molecule has 0 aliphatic carbocycles. The highest BCUT2D eigenvalue weighted by Gasteiger charge is 2.20. The highest BCUT2D eigenvalue weighted by atomic mass is 14.5. The summed E-state index contributed by atoms with van der Waals surface area (Å²) < 4.78 is 0. The van der Waals surface area contributed by atoms with Gasteiger partial charge in [0.25, 0.3) is 0 Å². The zero-order valence-electron chi connectivity index (χ0n) is 31.1. The largest absolute Gasteiger partial charge is 0.399 e. The van der Waals surface area contributed by atoms with Gasteiger partial charge in [-0.05, 0) is 76.9 Å². The van der Waals surface area contributed by atoms with Gasteiger partial charge in [-0.25, -0.2) is 0 Å². The van der Waals surface area contributed by atoms with Crippen LogP contribution in [0.2, 0.25) is 0 Å². The maximum atomic E-state index is 6.08. The van der Waals surface area contributed by atoms with Gasteiger partial charge in [-0.15, -0.1) is 0 Å². The fourth-order valence-electron chi connectivity index (χ4n) is 7.63. The van der Waals surface area contributed by atoms with Crippen molar-refractivity contribution in [1.82, 2.24) is 0 Å². The molecule has 2 heteroatoms. The quantitative estimate of drug-likeness (QED) is 0.0615. The number of unbranched alkanes of at least 4 members (excludes halogenated alkanes) is 11. The molecule has 0 aromatic heterocycles. The minimum atomic E-state index is 0.408. The molecule has 2 nitrogen and oxygen atoms in total. The van der Waals surface area contributed by atoms with Crippen LogP contribution in [-0.2, 0) is 0 Å². The summed E-state index contributed by atoms with van der Waals surface area (Å²) >= 11 is 0. The molecule has 0 heterocycles. The summed E-state index contributed by atoms with van der Waals surface area (Å²) in [6.45, 7) is 6.88. The van der Waals surface area contributed by atoms with Crippen LogP contribution in [0.5, 0.6) is 0 Å². The van der Waals surface area contributed by atoms with Gasteiger partial charge in [0.1, 0.15) is 0 Å². The smallest absolute Gasteiger partial charge is 0.0314 e. The monoisotopic (exact) mass is 659 g/mol. The molecule has 0 saturated heterocycles. The zero-order chi connectivity index (χ0) is 34.7. The maximum absolute atomic E-state index is 6.08. The summed E-state index contributed by atoms with van der Waals surface area (Å²) in [6, 6.07) is 36.6. The molecule has 264 valence electrons. The molecular weight excluding hydrogens is 593 g/mol. The number of anilines is 2. The van der Waals surface area contributed by atoms with Gasteiger partial charge in [0.15, 0.2) is 0 Å². The van der Waals surface area contributed by atoms with Crippen LogP contribution < -0.4 is 11.5 Å². The SMILES string of the molecule is CCCCCCCCC(c1ccc(C(CCCCCC)c2ccc(N)cc2)cc1)c1ccc(C(CCCCCC)c2ccc(N)cc2)cc1. The van der Waals surface area contributed by atoms with Crippen molar-refractivity contribution in [2.45, 2.75) is 148 Å². The molecule has 0 bridgehead atoms. The van der Waals surface area contributed by atoms with E-state index in [0.717, 1.165) is 11.4 Å². The van der Waals surface area contributed by atoms with E-state index in [1.807, 2.05) is 0 Å². The Balaban J connectivity index is 1.58. The molecule has 49 heavy (non-hydrogen) atoms. The third-order valence-electron chi connectivity index (χ3n) is 10.7. The zero-order valence-corrected chi connectivity index (χ0v) is 31.1. The predicted molar refractivity (Wildman–Crippen MR) is 216 cm³/mol. The van der Waals surface area contributed by atoms with Gasteiger partial charge in [0.05, 0.1) is 0 Å². The number of rotatable bonds is 23. The van der Waals surface area contributed by atoms with Crippen LogP contribution in [0.3, 0.4) is 0 Å². The second-order valence-corrected chi connectivity index (χ2v) is 14.6. The first-order valence-electron chi connectivity index (χ1n) is 19.9. The molecule has 4 aromatic carbocycles. The topological polar surface area (TPSA) is 52.0 Å². The van der Waals surface area contributed by atoms with E-state index in [1.165, 1.54) is 143 Å². The lowest BCUT2D eigenvalue weighted by molar-refractivity contribution is 0.567. The second-order valence-electron chi connectivity index (χ2n) is 14.6. The van der Waals surface area contributed by atoms with Crippen LogP contribution in [0.25, 0.3) is 0 Å². The Bertz CT molecular complexity index is 1310. The minimum Gasteiger partial charge on any atom is -0.399 e. The molecule has 2 unspecified atom stereocenters. The molecule has 0 spiro atoms. The van der Waals surface area contributed by atoms with Crippen LogP contribution in [0.4, 0.5) is 11.4 Å². The van der Waals surface area contributed by atoms with Crippen LogP contribution in [-0.4, -0.2) is 0 Å². The second kappa shape index (κ2) is 21.5. The first kappa shape index (κ1) is 38.3. The van der Waals surface area contributed by atoms with Crippen LogP contribution in [0.15, 0.2) is 97.1 Å². The van der Waals surface area contributed by atoms with Crippen molar-refractivity contribution in [3.8, 4) is 0 Å². The number of benzene rings is 4. The average Bonchev–Trinajstić information content (AvgIpc) is 3.13. The van der Waals surface area contributed by atoms with Gasteiger partial charge < -0.3 is 11.5 Å². The highest BCUT2D eigenvalue weighted by molar-refractivity contribution is 5.45. The fraction of sp³-hybridized carbons (Fsp3) is 0.489. The Morgan fingerprint density at radius 3 is 0.776 bits per heavy atom. The van der Waals surface area contributed by atoms with E-state index in [0.29, 0.717) is 17.8 Å². The highest BCUT2D eigenvalue weighted by Crippen LogP contribution is 2.37. The van der Waals surface area contributed by atoms with Gasteiger partial charge in [-0.2, -0.15) is 0 Å². The van der Waals surface area contributed by atoms with Gasteiger partial charge in [0.2, 0.25) is 0 Å². The van der Waals surface area contributed by atoms with Crippen molar-refractivity contribution in [3.63, 3.8) is 0 Å².